The molecule has 4 heteroatoms. The molecule has 0 radical (unpaired) electrons. The predicted octanol–water partition coefficient (Wildman–Crippen LogP) is 3.89. The second-order valence-corrected chi connectivity index (χ2v) is 6.82. The molecule has 0 aromatic heterocycles. The number of anilines is 1. The maximum atomic E-state index is 12.8. The Labute approximate surface area is 143 Å². The maximum Gasteiger partial charge on any atom is 0.265 e. The monoisotopic (exact) mass is 325 g/mol. The van der Waals surface area contributed by atoms with Crippen molar-refractivity contribution < 1.29 is 14.3 Å². The topological polar surface area (TPSA) is 38.8 Å². The van der Waals surface area contributed by atoms with Gasteiger partial charge in [0.15, 0.2) is 6.61 Å². The molecule has 0 atom stereocenters. The lowest BCUT2D eigenvalue weighted by Crippen LogP contribution is -2.50. The van der Waals surface area contributed by atoms with Gasteiger partial charge in [0.2, 0.25) is 0 Å². The summed E-state index contributed by atoms with van der Waals surface area (Å²) in [5.74, 6) is 1.45. The van der Waals surface area contributed by atoms with Gasteiger partial charge in [-0.25, -0.2) is 0 Å². The Morgan fingerprint density at radius 1 is 1.12 bits per heavy atom. The zero-order chi connectivity index (χ0) is 17.3. The van der Waals surface area contributed by atoms with E-state index in [0.717, 1.165) is 28.3 Å². The first-order valence-corrected chi connectivity index (χ1v) is 8.15. The highest BCUT2D eigenvalue weighted by molar-refractivity contribution is 5.96. The van der Waals surface area contributed by atoms with Crippen LogP contribution >= 0.6 is 0 Å². The van der Waals surface area contributed by atoms with E-state index >= 15 is 0 Å². The van der Waals surface area contributed by atoms with E-state index in [1.807, 2.05) is 70.2 Å². The lowest BCUT2D eigenvalue weighted by Gasteiger charge is -2.39. The number of amides is 1. The molecule has 1 amide bonds. The number of benzene rings is 2. The molecule has 0 unspecified atom stereocenters. The van der Waals surface area contributed by atoms with Crippen molar-refractivity contribution >= 4 is 11.6 Å². The second-order valence-electron chi connectivity index (χ2n) is 6.82. The van der Waals surface area contributed by atoms with Gasteiger partial charge in [-0.3, -0.25) is 4.79 Å². The number of nitrogens with zero attached hydrogens (tertiary/aromatic N) is 1. The predicted molar refractivity (Wildman–Crippen MR) is 94.9 cm³/mol. The lowest BCUT2D eigenvalue weighted by atomic mass is 10.1. The van der Waals surface area contributed by atoms with Crippen LogP contribution in [0.1, 0.15) is 25.0 Å². The average Bonchev–Trinajstić information content (AvgIpc) is 2.52. The highest BCUT2D eigenvalue weighted by Crippen LogP contribution is 2.36. The minimum Gasteiger partial charge on any atom is -0.484 e. The van der Waals surface area contributed by atoms with Gasteiger partial charge in [0.05, 0.1) is 12.2 Å². The fraction of sp³-hybridized carbons (Fsp3) is 0.350. The van der Waals surface area contributed by atoms with Crippen molar-refractivity contribution in [1.82, 2.24) is 0 Å². The van der Waals surface area contributed by atoms with Gasteiger partial charge >= 0.3 is 0 Å². The number of carbonyl (C=O) groups excluding carboxylic acids is 1. The summed E-state index contributed by atoms with van der Waals surface area (Å²) in [6, 6.07) is 13.6. The Bertz CT molecular complexity index is 747. The van der Waals surface area contributed by atoms with Crippen LogP contribution in [0.25, 0.3) is 0 Å². The molecular formula is C20H23NO3. The quantitative estimate of drug-likeness (QED) is 0.859. The molecule has 24 heavy (non-hydrogen) atoms. The van der Waals surface area contributed by atoms with Crippen LogP contribution in [0.5, 0.6) is 11.5 Å². The third-order valence-corrected chi connectivity index (χ3v) is 4.13. The summed E-state index contributed by atoms with van der Waals surface area (Å²) in [7, 11) is 0. The molecule has 4 nitrogen and oxygen atoms in total. The van der Waals surface area contributed by atoms with Gasteiger partial charge in [0.25, 0.3) is 5.91 Å². The van der Waals surface area contributed by atoms with E-state index in [-0.39, 0.29) is 12.5 Å². The highest BCUT2D eigenvalue weighted by atomic mass is 16.5. The van der Waals surface area contributed by atoms with Crippen molar-refractivity contribution in [3.63, 3.8) is 0 Å². The summed E-state index contributed by atoms with van der Waals surface area (Å²) >= 11 is 0. The zero-order valence-corrected chi connectivity index (χ0v) is 14.6. The minimum absolute atomic E-state index is 0.0100. The van der Waals surface area contributed by atoms with Crippen LogP contribution in [-0.4, -0.2) is 24.7 Å². The number of hydrogen-bond acceptors (Lipinski definition) is 3. The first-order valence-electron chi connectivity index (χ1n) is 8.15. The Morgan fingerprint density at radius 3 is 2.50 bits per heavy atom. The number of aryl methyl sites for hydroxylation is 2. The second kappa shape index (κ2) is 6.19. The van der Waals surface area contributed by atoms with Crippen LogP contribution in [0.3, 0.4) is 0 Å². The Balaban J connectivity index is 1.80. The van der Waals surface area contributed by atoms with Crippen molar-refractivity contribution in [1.29, 1.82) is 0 Å². The third-order valence-electron chi connectivity index (χ3n) is 4.13. The lowest BCUT2D eigenvalue weighted by molar-refractivity contribution is -0.121. The van der Waals surface area contributed by atoms with Gasteiger partial charge in [-0.1, -0.05) is 30.3 Å². The number of rotatable bonds is 3. The van der Waals surface area contributed by atoms with Crippen LogP contribution < -0.4 is 14.4 Å². The van der Waals surface area contributed by atoms with Crippen molar-refractivity contribution in [3.05, 3.63) is 53.6 Å². The van der Waals surface area contributed by atoms with E-state index < -0.39 is 5.60 Å². The number of fused-ring (bicyclic) bond motifs is 1. The molecule has 126 valence electrons. The summed E-state index contributed by atoms with van der Waals surface area (Å²) in [4.78, 5) is 14.5. The number of para-hydroxylation sites is 3. The zero-order valence-electron chi connectivity index (χ0n) is 14.6. The van der Waals surface area contributed by atoms with E-state index in [2.05, 4.69) is 0 Å². The van der Waals surface area contributed by atoms with E-state index in [0.29, 0.717) is 6.54 Å². The van der Waals surface area contributed by atoms with E-state index in [1.54, 1.807) is 4.90 Å². The fourth-order valence-corrected chi connectivity index (χ4v) is 3.02. The van der Waals surface area contributed by atoms with Gasteiger partial charge < -0.3 is 14.4 Å². The summed E-state index contributed by atoms with van der Waals surface area (Å²) in [6.45, 7) is 8.44. The molecule has 1 heterocycles. The number of ether oxygens (including phenoxy) is 2. The molecule has 0 saturated carbocycles. The number of hydrogen-bond donors (Lipinski definition) is 0. The average molecular weight is 325 g/mol. The number of carbonyl (C=O) groups is 1. The molecule has 0 bridgehead atoms. The summed E-state index contributed by atoms with van der Waals surface area (Å²) in [6.07, 6.45) is 0. The van der Waals surface area contributed by atoms with E-state index in [4.69, 9.17) is 9.47 Å². The van der Waals surface area contributed by atoms with Crippen LogP contribution in [0.2, 0.25) is 0 Å². The fourth-order valence-electron chi connectivity index (χ4n) is 3.02. The molecule has 0 fully saturated rings. The minimum atomic E-state index is -0.428. The summed E-state index contributed by atoms with van der Waals surface area (Å²) in [5, 5.41) is 0. The Morgan fingerprint density at radius 2 is 1.79 bits per heavy atom. The van der Waals surface area contributed by atoms with Crippen molar-refractivity contribution in [3.8, 4) is 11.5 Å². The molecule has 0 aliphatic carbocycles. The van der Waals surface area contributed by atoms with Crippen LogP contribution in [0.15, 0.2) is 42.5 Å². The van der Waals surface area contributed by atoms with Crippen molar-refractivity contribution in [2.45, 2.75) is 33.3 Å². The van der Waals surface area contributed by atoms with Gasteiger partial charge in [-0.05, 0) is 51.0 Å². The SMILES string of the molecule is Cc1cccc(C)c1OCC(=O)N1CC(C)(C)Oc2ccccc21. The molecule has 1 aliphatic rings. The summed E-state index contributed by atoms with van der Waals surface area (Å²) < 4.78 is 11.8. The molecule has 0 N–H and O–H groups in total. The summed E-state index contributed by atoms with van der Waals surface area (Å²) in [5.41, 5.74) is 2.44. The van der Waals surface area contributed by atoms with Crippen LogP contribution in [-0.2, 0) is 4.79 Å². The Kier molecular flexibility index (Phi) is 4.22. The first kappa shape index (κ1) is 16.4. The molecule has 2 aromatic rings. The first-order chi connectivity index (χ1) is 11.4. The van der Waals surface area contributed by atoms with E-state index in [1.165, 1.54) is 0 Å². The van der Waals surface area contributed by atoms with Crippen LogP contribution in [0, 0.1) is 13.8 Å². The maximum absolute atomic E-state index is 12.8. The van der Waals surface area contributed by atoms with Gasteiger partial charge in [0.1, 0.15) is 17.1 Å². The van der Waals surface area contributed by atoms with E-state index in [9.17, 15) is 4.79 Å². The smallest absolute Gasteiger partial charge is 0.265 e. The van der Waals surface area contributed by atoms with Crippen molar-refractivity contribution in [2.24, 2.45) is 0 Å². The molecule has 2 aromatic carbocycles. The normalized spacial score (nSPS) is 15.4. The molecule has 0 saturated heterocycles. The molecule has 1 aliphatic heterocycles. The van der Waals surface area contributed by atoms with Gasteiger partial charge in [-0.2, -0.15) is 0 Å². The third kappa shape index (κ3) is 3.23. The van der Waals surface area contributed by atoms with Crippen LogP contribution in [0.4, 0.5) is 5.69 Å². The Hall–Kier alpha value is -2.49. The van der Waals surface area contributed by atoms with Gasteiger partial charge in [-0.15, -0.1) is 0 Å². The molecule has 0 spiro atoms. The highest BCUT2D eigenvalue weighted by Gasteiger charge is 2.34. The van der Waals surface area contributed by atoms with Crippen molar-refractivity contribution in [2.75, 3.05) is 18.1 Å². The molecule has 3 rings (SSSR count). The van der Waals surface area contributed by atoms with Gasteiger partial charge in [0, 0.05) is 0 Å². The standard InChI is InChI=1S/C20H23NO3/c1-14-8-7-9-15(2)19(14)23-12-18(22)21-13-20(3,4)24-17-11-6-5-10-16(17)21/h5-11H,12-13H2,1-4H3. The largest absolute Gasteiger partial charge is 0.484 e. The molecular weight excluding hydrogens is 302 g/mol.